The maximum atomic E-state index is 12.5. The molecule has 1 aliphatic heterocycles. The number of benzene rings is 1. The van der Waals surface area contributed by atoms with E-state index in [1.807, 2.05) is 6.92 Å². The van der Waals surface area contributed by atoms with Gasteiger partial charge in [-0.25, -0.2) is 8.42 Å². The van der Waals surface area contributed by atoms with Crippen LogP contribution >= 0.6 is 0 Å². The number of rotatable bonds is 3. The number of aryl methyl sites for hydroxylation is 1. The van der Waals surface area contributed by atoms with Crippen molar-refractivity contribution in [3.63, 3.8) is 0 Å². The Morgan fingerprint density at radius 2 is 1.89 bits per heavy atom. The summed E-state index contributed by atoms with van der Waals surface area (Å²) in [5.41, 5.74) is 0.979. The summed E-state index contributed by atoms with van der Waals surface area (Å²) in [7, 11) is -3.67. The zero-order valence-electron chi connectivity index (χ0n) is 11.0. The van der Waals surface area contributed by atoms with E-state index in [0.29, 0.717) is 0 Å². The van der Waals surface area contributed by atoms with Crippen molar-refractivity contribution in [1.82, 2.24) is 4.31 Å². The minimum Gasteiger partial charge on any atom is -0.395 e. The summed E-state index contributed by atoms with van der Waals surface area (Å²) in [6, 6.07) is 6.00. The van der Waals surface area contributed by atoms with Crippen LogP contribution in [0.25, 0.3) is 0 Å². The van der Waals surface area contributed by atoms with E-state index >= 15 is 0 Å². The van der Waals surface area contributed by atoms with E-state index in [9.17, 15) is 18.6 Å². The van der Waals surface area contributed by atoms with Crippen molar-refractivity contribution in [1.29, 1.82) is 0 Å². The molecule has 106 valence electrons. The number of nitrogens with zero attached hydrogens (tertiary/aromatic N) is 1. The third-order valence-electron chi connectivity index (χ3n) is 3.77. The average Bonchev–Trinajstić information content (AvgIpc) is 2.66. The summed E-state index contributed by atoms with van der Waals surface area (Å²) in [4.78, 5) is 0.192. The van der Waals surface area contributed by atoms with Gasteiger partial charge in [0.15, 0.2) is 0 Å². The van der Waals surface area contributed by atoms with Gasteiger partial charge in [-0.3, -0.25) is 0 Å². The van der Waals surface area contributed by atoms with Gasteiger partial charge in [0, 0.05) is 12.5 Å². The van der Waals surface area contributed by atoms with Crippen LogP contribution in [0.2, 0.25) is 0 Å². The minimum absolute atomic E-state index is 0.0304. The van der Waals surface area contributed by atoms with E-state index in [1.54, 1.807) is 31.2 Å². The molecule has 0 aromatic heterocycles. The molecule has 0 bridgehead atoms. The van der Waals surface area contributed by atoms with E-state index in [0.717, 1.165) is 5.56 Å². The van der Waals surface area contributed by atoms with Crippen LogP contribution in [-0.4, -0.2) is 48.2 Å². The molecule has 2 N–H and O–H groups in total. The van der Waals surface area contributed by atoms with E-state index in [-0.39, 0.29) is 24.0 Å². The summed E-state index contributed by atoms with van der Waals surface area (Å²) >= 11 is 0. The van der Waals surface area contributed by atoms with Crippen LogP contribution in [-0.2, 0) is 10.0 Å². The van der Waals surface area contributed by atoms with E-state index in [2.05, 4.69) is 0 Å². The van der Waals surface area contributed by atoms with Crippen LogP contribution in [0.4, 0.5) is 0 Å². The van der Waals surface area contributed by atoms with Gasteiger partial charge in [-0.2, -0.15) is 4.31 Å². The Morgan fingerprint density at radius 3 is 2.42 bits per heavy atom. The van der Waals surface area contributed by atoms with Crippen molar-refractivity contribution in [2.45, 2.75) is 30.9 Å². The minimum atomic E-state index is -3.67. The first-order valence-corrected chi connectivity index (χ1v) is 7.69. The van der Waals surface area contributed by atoms with Gasteiger partial charge in [-0.15, -0.1) is 0 Å². The molecule has 3 atom stereocenters. The van der Waals surface area contributed by atoms with Gasteiger partial charge >= 0.3 is 0 Å². The number of aliphatic hydroxyl groups excluding tert-OH is 2. The Kier molecular flexibility index (Phi) is 3.96. The largest absolute Gasteiger partial charge is 0.395 e. The zero-order chi connectivity index (χ0) is 14.2. The predicted molar refractivity (Wildman–Crippen MR) is 71.1 cm³/mol. The summed E-state index contributed by atoms with van der Waals surface area (Å²) in [6.07, 6.45) is -0.739. The number of hydrogen-bond donors (Lipinski definition) is 2. The van der Waals surface area contributed by atoms with E-state index in [1.165, 1.54) is 4.31 Å². The second kappa shape index (κ2) is 5.20. The van der Waals surface area contributed by atoms with Gasteiger partial charge in [0.2, 0.25) is 10.0 Å². The van der Waals surface area contributed by atoms with Gasteiger partial charge in [-0.1, -0.05) is 24.6 Å². The molecule has 0 aliphatic carbocycles. The quantitative estimate of drug-likeness (QED) is 0.840. The Bertz CT molecular complexity index is 540. The second-order valence-electron chi connectivity index (χ2n) is 5.06. The van der Waals surface area contributed by atoms with Crippen molar-refractivity contribution in [3.05, 3.63) is 29.8 Å². The van der Waals surface area contributed by atoms with Crippen molar-refractivity contribution < 1.29 is 18.6 Å². The molecule has 0 saturated carbocycles. The lowest BCUT2D eigenvalue weighted by Gasteiger charge is -2.24. The highest BCUT2D eigenvalue weighted by Gasteiger charge is 2.44. The summed E-state index contributed by atoms with van der Waals surface area (Å²) in [5, 5.41) is 19.2. The van der Waals surface area contributed by atoms with Gasteiger partial charge in [0.25, 0.3) is 0 Å². The lowest BCUT2D eigenvalue weighted by Crippen LogP contribution is -2.39. The van der Waals surface area contributed by atoms with Crippen LogP contribution in [0.5, 0.6) is 0 Å². The van der Waals surface area contributed by atoms with Crippen LogP contribution in [0.1, 0.15) is 12.5 Å². The lowest BCUT2D eigenvalue weighted by atomic mass is 10.0. The van der Waals surface area contributed by atoms with Crippen molar-refractivity contribution >= 4 is 10.0 Å². The predicted octanol–water partition coefficient (Wildman–Crippen LogP) is 0.357. The normalized spacial score (nSPS) is 28.7. The van der Waals surface area contributed by atoms with E-state index < -0.39 is 22.2 Å². The molecule has 6 heteroatoms. The maximum Gasteiger partial charge on any atom is 0.243 e. The fourth-order valence-corrected chi connectivity index (χ4v) is 4.10. The molecule has 0 spiro atoms. The van der Waals surface area contributed by atoms with Gasteiger partial charge < -0.3 is 10.2 Å². The highest BCUT2D eigenvalue weighted by molar-refractivity contribution is 7.89. The van der Waals surface area contributed by atoms with Crippen LogP contribution in [0, 0.1) is 12.8 Å². The number of β-amino-alcohol motifs (C(OH)–C–C–N with tert-alkyl or cyclic N) is 1. The standard InChI is InChI=1S/C13H19NO4S/c1-9-3-5-11(6-4-9)19(17,18)14-7-13(16)10(2)12(14)8-15/h3-6,10,12-13,15-16H,7-8H2,1-2H3/t10-,12+,13-/m1/s1. The molecule has 1 saturated heterocycles. The molecule has 1 fully saturated rings. The monoisotopic (exact) mass is 285 g/mol. The van der Waals surface area contributed by atoms with Crippen LogP contribution in [0.15, 0.2) is 29.2 Å². The number of sulfonamides is 1. The van der Waals surface area contributed by atoms with Crippen molar-refractivity contribution in [2.24, 2.45) is 5.92 Å². The maximum absolute atomic E-state index is 12.5. The van der Waals surface area contributed by atoms with Gasteiger partial charge in [-0.05, 0) is 19.1 Å². The molecule has 1 heterocycles. The van der Waals surface area contributed by atoms with Crippen molar-refractivity contribution in [3.8, 4) is 0 Å². The highest BCUT2D eigenvalue weighted by atomic mass is 32.2. The first kappa shape index (κ1) is 14.5. The third-order valence-corrected chi connectivity index (χ3v) is 5.67. The summed E-state index contributed by atoms with van der Waals surface area (Å²) in [5.74, 6) is -0.273. The Morgan fingerprint density at radius 1 is 1.32 bits per heavy atom. The smallest absolute Gasteiger partial charge is 0.243 e. The molecule has 2 rings (SSSR count). The SMILES string of the molecule is Cc1ccc(S(=O)(=O)N2C[C@@H](O)[C@H](C)[C@@H]2CO)cc1. The molecule has 0 radical (unpaired) electrons. The average molecular weight is 285 g/mol. The zero-order valence-corrected chi connectivity index (χ0v) is 11.8. The van der Waals surface area contributed by atoms with Crippen LogP contribution in [0.3, 0.4) is 0 Å². The lowest BCUT2D eigenvalue weighted by molar-refractivity contribution is 0.132. The molecular formula is C13H19NO4S. The number of hydrogen-bond acceptors (Lipinski definition) is 4. The topological polar surface area (TPSA) is 77.8 Å². The molecule has 19 heavy (non-hydrogen) atoms. The highest BCUT2D eigenvalue weighted by Crippen LogP contribution is 2.30. The second-order valence-corrected chi connectivity index (χ2v) is 6.95. The van der Waals surface area contributed by atoms with E-state index in [4.69, 9.17) is 0 Å². The molecule has 0 unspecified atom stereocenters. The Balaban J connectivity index is 2.37. The fourth-order valence-electron chi connectivity index (χ4n) is 2.38. The third kappa shape index (κ3) is 2.53. The molecule has 1 aromatic rings. The van der Waals surface area contributed by atoms with Crippen molar-refractivity contribution in [2.75, 3.05) is 13.2 Å². The van der Waals surface area contributed by atoms with Gasteiger partial charge in [0.05, 0.1) is 23.6 Å². The molecule has 0 amide bonds. The Hall–Kier alpha value is -0.950. The number of aliphatic hydroxyl groups is 2. The molecular weight excluding hydrogens is 266 g/mol. The summed E-state index contributed by atoms with van der Waals surface area (Å²) in [6.45, 7) is 3.37. The molecule has 1 aliphatic rings. The Labute approximate surface area is 113 Å². The first-order chi connectivity index (χ1) is 8.87. The molecule has 1 aromatic carbocycles. The summed E-state index contributed by atoms with van der Waals surface area (Å²) < 4.78 is 26.2. The van der Waals surface area contributed by atoms with Gasteiger partial charge in [0.1, 0.15) is 0 Å². The molecule has 5 nitrogen and oxygen atoms in total. The fraction of sp³-hybridized carbons (Fsp3) is 0.538. The van der Waals surface area contributed by atoms with Crippen LogP contribution < -0.4 is 0 Å². The first-order valence-electron chi connectivity index (χ1n) is 6.25.